The molecule has 1 spiro atoms. The van der Waals surface area contributed by atoms with Crippen LogP contribution in [-0.4, -0.2) is 31.1 Å². The van der Waals surface area contributed by atoms with Crippen LogP contribution in [0.15, 0.2) is 18.2 Å². The Hall–Kier alpha value is -2.04. The van der Waals surface area contributed by atoms with Gasteiger partial charge in [-0.05, 0) is 51.8 Å². The van der Waals surface area contributed by atoms with Crippen molar-refractivity contribution >= 4 is 11.9 Å². The van der Waals surface area contributed by atoms with E-state index in [0.717, 1.165) is 24.2 Å². The van der Waals surface area contributed by atoms with Gasteiger partial charge in [-0.3, -0.25) is 9.59 Å². The summed E-state index contributed by atoms with van der Waals surface area (Å²) in [6.45, 7) is 6.67. The summed E-state index contributed by atoms with van der Waals surface area (Å²) in [7, 11) is 0. The normalized spacial score (nSPS) is 24.8. The number of carbonyl (C=O) groups is 2. The topological polar surface area (TPSA) is 64.6 Å². The quantitative estimate of drug-likeness (QED) is 0.866. The number of benzene rings is 1. The maximum absolute atomic E-state index is 12.2. The van der Waals surface area contributed by atoms with Crippen molar-refractivity contribution in [3.8, 4) is 5.75 Å². The average molecular weight is 317 g/mol. The fourth-order valence-electron chi connectivity index (χ4n) is 3.44. The van der Waals surface area contributed by atoms with Gasteiger partial charge in [-0.2, -0.15) is 0 Å². The predicted molar refractivity (Wildman–Crippen MR) is 85.6 cm³/mol. The minimum atomic E-state index is -0.214. The molecule has 1 amide bonds. The van der Waals surface area contributed by atoms with Gasteiger partial charge in [-0.25, -0.2) is 0 Å². The van der Waals surface area contributed by atoms with Crippen molar-refractivity contribution in [3.05, 3.63) is 29.3 Å². The van der Waals surface area contributed by atoms with E-state index in [0.29, 0.717) is 18.8 Å². The van der Waals surface area contributed by atoms with Gasteiger partial charge in [-0.1, -0.05) is 0 Å². The zero-order chi connectivity index (χ0) is 16.6. The Morgan fingerprint density at radius 1 is 1.43 bits per heavy atom. The van der Waals surface area contributed by atoms with E-state index in [1.807, 2.05) is 32.9 Å². The summed E-state index contributed by atoms with van der Waals surface area (Å²) in [6.07, 6.45) is 1.57. The van der Waals surface area contributed by atoms with E-state index in [-0.39, 0.29) is 29.3 Å². The predicted octanol–water partition coefficient (Wildman–Crippen LogP) is 2.43. The Morgan fingerprint density at radius 2 is 2.22 bits per heavy atom. The Kier molecular flexibility index (Phi) is 4.04. The van der Waals surface area contributed by atoms with Gasteiger partial charge in [0.2, 0.25) is 0 Å². The van der Waals surface area contributed by atoms with Gasteiger partial charge in [-0.15, -0.1) is 0 Å². The highest BCUT2D eigenvalue weighted by molar-refractivity contribution is 5.95. The summed E-state index contributed by atoms with van der Waals surface area (Å²) in [4.78, 5) is 24.4. The molecule has 1 aromatic rings. The number of ether oxygens (including phenoxy) is 2. The fraction of sp³-hybridized carbons (Fsp3) is 0.556. The smallest absolute Gasteiger partial charge is 0.309 e. The molecule has 124 valence electrons. The van der Waals surface area contributed by atoms with Gasteiger partial charge >= 0.3 is 5.97 Å². The molecule has 0 aromatic heterocycles. The molecule has 2 aliphatic rings. The van der Waals surface area contributed by atoms with Crippen LogP contribution in [0.1, 0.15) is 49.5 Å². The highest BCUT2D eigenvalue weighted by Gasteiger charge is 2.62. The fourth-order valence-corrected chi connectivity index (χ4v) is 3.44. The lowest BCUT2D eigenvalue weighted by molar-refractivity contribution is -0.145. The highest BCUT2D eigenvalue weighted by atomic mass is 16.5. The third-order valence-corrected chi connectivity index (χ3v) is 4.65. The van der Waals surface area contributed by atoms with E-state index < -0.39 is 0 Å². The first-order chi connectivity index (χ1) is 11.0. The third kappa shape index (κ3) is 2.80. The molecule has 0 radical (unpaired) electrons. The summed E-state index contributed by atoms with van der Waals surface area (Å²) in [5.74, 6) is 0.423. The molecular weight excluding hydrogens is 294 g/mol. The van der Waals surface area contributed by atoms with Gasteiger partial charge in [0, 0.05) is 22.6 Å². The summed E-state index contributed by atoms with van der Waals surface area (Å²) >= 11 is 0. The van der Waals surface area contributed by atoms with Crippen molar-refractivity contribution < 1.29 is 19.1 Å². The van der Waals surface area contributed by atoms with Crippen LogP contribution >= 0.6 is 0 Å². The molecule has 0 unspecified atom stereocenters. The number of esters is 1. The summed E-state index contributed by atoms with van der Waals surface area (Å²) in [5.41, 5.74) is 1.36. The van der Waals surface area contributed by atoms with Crippen LogP contribution in [0.3, 0.4) is 0 Å². The van der Waals surface area contributed by atoms with E-state index in [2.05, 4.69) is 5.32 Å². The number of rotatable bonds is 4. The third-order valence-electron chi connectivity index (χ3n) is 4.65. The molecule has 1 heterocycles. The van der Waals surface area contributed by atoms with Crippen LogP contribution in [0, 0.1) is 5.92 Å². The van der Waals surface area contributed by atoms with Gasteiger partial charge in [0.25, 0.3) is 5.91 Å². The van der Waals surface area contributed by atoms with E-state index >= 15 is 0 Å². The summed E-state index contributed by atoms with van der Waals surface area (Å²) < 4.78 is 10.9. The van der Waals surface area contributed by atoms with Crippen molar-refractivity contribution in [1.82, 2.24) is 5.32 Å². The van der Waals surface area contributed by atoms with E-state index in [1.54, 1.807) is 6.07 Å². The van der Waals surface area contributed by atoms with E-state index in [4.69, 9.17) is 9.47 Å². The second kappa shape index (κ2) is 5.87. The largest absolute Gasteiger partial charge is 0.493 e. The molecule has 0 saturated heterocycles. The molecule has 1 aromatic carbocycles. The van der Waals surface area contributed by atoms with Gasteiger partial charge in [0.1, 0.15) is 5.75 Å². The van der Waals surface area contributed by atoms with Crippen molar-refractivity contribution in [2.45, 2.75) is 45.1 Å². The Bertz CT molecular complexity index is 640. The maximum atomic E-state index is 12.2. The molecule has 1 saturated carbocycles. The highest BCUT2D eigenvalue weighted by Crippen LogP contribution is 2.61. The maximum Gasteiger partial charge on any atom is 0.309 e. The molecular formula is C18H23NO4. The molecule has 1 aliphatic carbocycles. The Balaban J connectivity index is 1.89. The van der Waals surface area contributed by atoms with E-state index in [1.165, 1.54) is 0 Å². The molecule has 1 N–H and O–H groups in total. The van der Waals surface area contributed by atoms with Gasteiger partial charge in [0.05, 0.1) is 19.1 Å². The van der Waals surface area contributed by atoms with Crippen LogP contribution < -0.4 is 10.1 Å². The minimum Gasteiger partial charge on any atom is -0.493 e. The lowest BCUT2D eigenvalue weighted by atomic mass is 9.86. The second-order valence-electron chi connectivity index (χ2n) is 6.60. The Morgan fingerprint density at radius 3 is 2.91 bits per heavy atom. The number of fused-ring (bicyclic) bond motifs is 2. The van der Waals surface area contributed by atoms with E-state index in [9.17, 15) is 9.59 Å². The molecule has 1 aliphatic heterocycles. The molecule has 1 fully saturated rings. The summed E-state index contributed by atoms with van der Waals surface area (Å²) in [6, 6.07) is 5.58. The molecule has 0 bridgehead atoms. The minimum absolute atomic E-state index is 0.0805. The van der Waals surface area contributed by atoms with Gasteiger partial charge < -0.3 is 14.8 Å². The first-order valence-electron chi connectivity index (χ1n) is 8.23. The summed E-state index contributed by atoms with van der Waals surface area (Å²) in [5, 5.41) is 2.90. The van der Waals surface area contributed by atoms with Crippen LogP contribution in [0.5, 0.6) is 5.75 Å². The van der Waals surface area contributed by atoms with Crippen molar-refractivity contribution in [2.24, 2.45) is 5.92 Å². The zero-order valence-corrected chi connectivity index (χ0v) is 13.8. The van der Waals surface area contributed by atoms with Crippen LogP contribution in [0.2, 0.25) is 0 Å². The van der Waals surface area contributed by atoms with Gasteiger partial charge in [0.15, 0.2) is 0 Å². The lowest BCUT2D eigenvalue weighted by Crippen LogP contribution is -2.31. The Labute approximate surface area is 136 Å². The van der Waals surface area contributed by atoms with Crippen LogP contribution in [0.4, 0.5) is 0 Å². The standard InChI is InChI=1S/C18H23NO4/c1-4-22-17(21)14-10-18(14)7-8-23-15-6-5-12(9-13(15)18)16(20)19-11(2)3/h5-6,9,11,14H,4,7-8,10H2,1-3H3,(H,19,20)/t14-,18-/m0/s1. The van der Waals surface area contributed by atoms with Crippen molar-refractivity contribution in [2.75, 3.05) is 13.2 Å². The lowest BCUT2D eigenvalue weighted by Gasteiger charge is -2.27. The first-order valence-corrected chi connectivity index (χ1v) is 8.23. The molecule has 23 heavy (non-hydrogen) atoms. The number of nitrogens with one attached hydrogen (secondary N) is 1. The monoisotopic (exact) mass is 317 g/mol. The number of carbonyl (C=O) groups excluding carboxylic acids is 2. The van der Waals surface area contributed by atoms with Crippen molar-refractivity contribution in [1.29, 1.82) is 0 Å². The molecule has 2 atom stereocenters. The number of hydrogen-bond acceptors (Lipinski definition) is 4. The van der Waals surface area contributed by atoms with Crippen LogP contribution in [0.25, 0.3) is 0 Å². The average Bonchev–Trinajstić information content (AvgIpc) is 3.22. The van der Waals surface area contributed by atoms with Crippen molar-refractivity contribution in [3.63, 3.8) is 0 Å². The SMILES string of the molecule is CCOC(=O)[C@@H]1C[C@]12CCOc1ccc(C(=O)NC(C)C)cc12. The zero-order valence-electron chi connectivity index (χ0n) is 13.8. The molecule has 5 nitrogen and oxygen atoms in total. The number of amides is 1. The first kappa shape index (κ1) is 15.8. The second-order valence-corrected chi connectivity index (χ2v) is 6.60. The van der Waals surface area contributed by atoms with Crippen LogP contribution in [-0.2, 0) is 14.9 Å². The molecule has 3 rings (SSSR count). The number of hydrogen-bond donors (Lipinski definition) is 1. The molecule has 5 heteroatoms.